The van der Waals surface area contributed by atoms with Gasteiger partial charge in [0.15, 0.2) is 0 Å². The van der Waals surface area contributed by atoms with Crippen LogP contribution in [0.15, 0.2) is 24.3 Å². The summed E-state index contributed by atoms with van der Waals surface area (Å²) in [6, 6.07) is 9.14. The second-order valence-electron chi connectivity index (χ2n) is 5.40. The molecule has 19 heavy (non-hydrogen) atoms. The van der Waals surface area contributed by atoms with E-state index in [0.717, 1.165) is 4.48 Å². The minimum Gasteiger partial charge on any atom is -0.870 e. The van der Waals surface area contributed by atoms with Crippen LogP contribution in [0.4, 0.5) is 5.69 Å². The minimum absolute atomic E-state index is 0. The van der Waals surface area contributed by atoms with E-state index < -0.39 is 0 Å². The van der Waals surface area contributed by atoms with E-state index in [1.165, 1.54) is 56.6 Å². The Kier molecular flexibility index (Phi) is 8.70. The summed E-state index contributed by atoms with van der Waals surface area (Å²) in [5.74, 6) is 0. The van der Waals surface area contributed by atoms with E-state index in [1.54, 1.807) is 0 Å². The van der Waals surface area contributed by atoms with Crippen molar-refractivity contribution in [3.05, 3.63) is 29.8 Å². The fraction of sp³-hybridized carbons (Fsp3) is 0.647. The first-order valence-corrected chi connectivity index (χ1v) is 7.61. The Balaban J connectivity index is 0.00000324. The summed E-state index contributed by atoms with van der Waals surface area (Å²) in [5, 5.41) is 0. The fourth-order valence-corrected chi connectivity index (χ4v) is 2.74. The highest BCUT2D eigenvalue weighted by Crippen LogP contribution is 2.24. The normalized spacial score (nSPS) is 11.2. The largest absolute Gasteiger partial charge is 0.870 e. The second kappa shape index (κ2) is 9.11. The van der Waals surface area contributed by atoms with Crippen LogP contribution in [0.2, 0.25) is 0 Å². The lowest BCUT2D eigenvalue weighted by Gasteiger charge is -2.36. The zero-order valence-electron chi connectivity index (χ0n) is 13.2. The summed E-state index contributed by atoms with van der Waals surface area (Å²) in [5.41, 5.74) is 2.84. The molecule has 0 aromatic heterocycles. The van der Waals surface area contributed by atoms with Crippen molar-refractivity contribution in [3.8, 4) is 0 Å². The third-order valence-electron chi connectivity index (χ3n) is 4.23. The molecule has 0 unspecified atom stereocenters. The Morgan fingerprint density at radius 2 is 1.42 bits per heavy atom. The van der Waals surface area contributed by atoms with Gasteiger partial charge in [0, 0.05) is 0 Å². The highest BCUT2D eigenvalue weighted by atomic mass is 16.0. The summed E-state index contributed by atoms with van der Waals surface area (Å²) < 4.78 is 1.14. The molecule has 0 aliphatic rings. The quantitative estimate of drug-likeness (QED) is 0.493. The summed E-state index contributed by atoms with van der Waals surface area (Å²) >= 11 is 0. The van der Waals surface area contributed by atoms with Gasteiger partial charge >= 0.3 is 0 Å². The smallest absolute Gasteiger partial charge is 0.132 e. The summed E-state index contributed by atoms with van der Waals surface area (Å²) in [4.78, 5) is 0. The zero-order chi connectivity index (χ0) is 13.4. The average Bonchev–Trinajstić information content (AvgIpc) is 2.41. The number of hydrogen-bond acceptors (Lipinski definition) is 1. The molecule has 1 rings (SSSR count). The van der Waals surface area contributed by atoms with Gasteiger partial charge in [-0.2, -0.15) is 0 Å². The van der Waals surface area contributed by atoms with Crippen LogP contribution >= 0.6 is 0 Å². The lowest BCUT2D eigenvalue weighted by atomic mass is 10.1. The molecule has 1 aromatic rings. The van der Waals surface area contributed by atoms with Crippen molar-refractivity contribution in [1.29, 1.82) is 0 Å². The van der Waals surface area contributed by atoms with Gasteiger partial charge in [-0.1, -0.05) is 37.5 Å². The van der Waals surface area contributed by atoms with Gasteiger partial charge in [0.05, 0.1) is 19.6 Å². The van der Waals surface area contributed by atoms with Crippen molar-refractivity contribution >= 4 is 5.69 Å². The maximum atomic E-state index is 2.32. The molecule has 0 spiro atoms. The average molecular weight is 265 g/mol. The van der Waals surface area contributed by atoms with E-state index in [1.807, 2.05) is 0 Å². The molecule has 0 atom stereocenters. The van der Waals surface area contributed by atoms with Gasteiger partial charge < -0.3 is 5.48 Å². The van der Waals surface area contributed by atoms with Gasteiger partial charge in [0.25, 0.3) is 0 Å². The van der Waals surface area contributed by atoms with Gasteiger partial charge in [-0.3, -0.25) is 4.48 Å². The van der Waals surface area contributed by atoms with Crippen molar-refractivity contribution in [1.82, 2.24) is 4.48 Å². The van der Waals surface area contributed by atoms with Gasteiger partial charge in [-0.25, -0.2) is 0 Å². The molecule has 0 bridgehead atoms. The third kappa shape index (κ3) is 4.96. The number of hydrogen-bond donors (Lipinski definition) is 0. The Morgan fingerprint density at radius 1 is 0.842 bits per heavy atom. The van der Waals surface area contributed by atoms with Crippen LogP contribution in [0.5, 0.6) is 0 Å². The van der Waals surface area contributed by atoms with Crippen molar-refractivity contribution in [3.63, 3.8) is 0 Å². The maximum Gasteiger partial charge on any atom is 0.132 e. The first-order valence-electron chi connectivity index (χ1n) is 7.61. The summed E-state index contributed by atoms with van der Waals surface area (Å²) in [6.07, 6.45) is 5.43. The van der Waals surface area contributed by atoms with Crippen molar-refractivity contribution in [2.75, 3.05) is 19.6 Å². The molecule has 0 saturated carbocycles. The topological polar surface area (TPSA) is 30.0 Å². The van der Waals surface area contributed by atoms with Crippen LogP contribution in [-0.2, 0) is 0 Å². The monoisotopic (exact) mass is 265 g/mol. The fourth-order valence-electron chi connectivity index (χ4n) is 2.74. The molecule has 0 fully saturated rings. The predicted octanol–water partition coefficient (Wildman–Crippen LogP) is 4.75. The van der Waals surface area contributed by atoms with Crippen LogP contribution in [0.25, 0.3) is 0 Å². The molecule has 0 saturated heterocycles. The molecule has 0 heterocycles. The van der Waals surface area contributed by atoms with E-state index in [0.29, 0.717) is 0 Å². The predicted molar refractivity (Wildman–Crippen MR) is 85.0 cm³/mol. The molecule has 2 nitrogen and oxygen atoms in total. The second-order valence-corrected chi connectivity index (χ2v) is 5.40. The van der Waals surface area contributed by atoms with Crippen LogP contribution in [0.3, 0.4) is 0 Å². The van der Waals surface area contributed by atoms with Gasteiger partial charge in [0.2, 0.25) is 0 Å². The van der Waals surface area contributed by atoms with Crippen molar-refractivity contribution in [2.24, 2.45) is 0 Å². The first kappa shape index (κ1) is 18.1. The summed E-state index contributed by atoms with van der Waals surface area (Å²) in [6.45, 7) is 12.8. The molecular weight excluding hydrogens is 234 g/mol. The van der Waals surface area contributed by atoms with Crippen LogP contribution in [0, 0.1) is 6.92 Å². The zero-order valence-corrected chi connectivity index (χ0v) is 13.2. The third-order valence-corrected chi connectivity index (χ3v) is 4.23. The highest BCUT2D eigenvalue weighted by Gasteiger charge is 2.25. The van der Waals surface area contributed by atoms with Gasteiger partial charge in [-0.15, -0.1) is 0 Å². The molecule has 0 aliphatic heterocycles. The maximum absolute atomic E-state index is 2.32. The number of unbranched alkanes of at least 4 members (excludes halogenated alkanes) is 3. The molecule has 1 aromatic carbocycles. The molecular formula is C17H31NO. The van der Waals surface area contributed by atoms with Crippen LogP contribution in [0.1, 0.15) is 52.0 Å². The number of rotatable bonds is 8. The standard InChI is InChI=1S/C17H30N.H2O/c1-5-8-9-10-15-18(6-2,7-3)17-13-11-16(4)12-14-17;/h11-14H,5-10,15H2,1-4H3;1H2/q+1;/p-1. The van der Waals surface area contributed by atoms with E-state index in [-0.39, 0.29) is 5.48 Å². The Hall–Kier alpha value is -0.860. The SMILES string of the molecule is CCCCCC[N+](CC)(CC)c1ccc(C)cc1.[OH-]. The minimum atomic E-state index is 0. The van der Waals surface area contributed by atoms with Gasteiger partial charge in [0.1, 0.15) is 5.69 Å². The Morgan fingerprint density at radius 3 is 1.89 bits per heavy atom. The molecule has 0 aliphatic carbocycles. The number of benzene rings is 1. The number of aryl methyl sites for hydroxylation is 1. The molecule has 1 N–H and O–H groups in total. The van der Waals surface area contributed by atoms with E-state index >= 15 is 0 Å². The van der Waals surface area contributed by atoms with Crippen molar-refractivity contribution in [2.45, 2.75) is 53.4 Å². The molecule has 2 heteroatoms. The van der Waals surface area contributed by atoms with Crippen LogP contribution < -0.4 is 4.48 Å². The van der Waals surface area contributed by atoms with E-state index in [4.69, 9.17) is 0 Å². The number of nitrogens with zero attached hydrogens (tertiary/aromatic N) is 1. The lowest BCUT2D eigenvalue weighted by molar-refractivity contribution is 0.292. The number of quaternary nitrogens is 1. The summed E-state index contributed by atoms with van der Waals surface area (Å²) in [7, 11) is 0. The highest BCUT2D eigenvalue weighted by molar-refractivity contribution is 5.44. The lowest BCUT2D eigenvalue weighted by Crippen LogP contribution is -2.49. The van der Waals surface area contributed by atoms with E-state index in [2.05, 4.69) is 52.0 Å². The first-order chi connectivity index (χ1) is 8.68. The van der Waals surface area contributed by atoms with Crippen molar-refractivity contribution < 1.29 is 5.48 Å². The Bertz CT molecular complexity index is 328. The molecule has 110 valence electrons. The van der Waals surface area contributed by atoms with Crippen LogP contribution in [-0.4, -0.2) is 25.1 Å². The van der Waals surface area contributed by atoms with E-state index in [9.17, 15) is 0 Å². The molecule has 0 amide bonds. The Labute approximate surface area is 119 Å². The van der Waals surface area contributed by atoms with Gasteiger partial charge in [-0.05, 0) is 45.7 Å². The molecule has 0 radical (unpaired) electrons.